The minimum Gasteiger partial charge on any atom is -0.493 e. The second-order valence-corrected chi connectivity index (χ2v) is 6.42. The highest BCUT2D eigenvalue weighted by molar-refractivity contribution is 6.33. The number of anilines is 1. The fraction of sp³-hybridized carbons (Fsp3) is 0.250. The standard InChI is InChI=1S/C20H20ClNO4/c1-11-5-6-14-13(7-19(23)26-20(14)12(11)2)10-22-16-9-18(25-4)17(24-3)8-15(16)21/h5-9,22H,10H2,1-4H3. The van der Waals surface area contributed by atoms with Crippen molar-refractivity contribution in [2.75, 3.05) is 19.5 Å². The summed E-state index contributed by atoms with van der Waals surface area (Å²) in [6.07, 6.45) is 0. The molecule has 0 aliphatic heterocycles. The van der Waals surface area contributed by atoms with Crippen molar-refractivity contribution in [1.82, 2.24) is 0 Å². The van der Waals surface area contributed by atoms with Gasteiger partial charge in [0.05, 0.1) is 24.9 Å². The summed E-state index contributed by atoms with van der Waals surface area (Å²) in [5, 5.41) is 4.66. The molecule has 0 spiro atoms. The average molecular weight is 374 g/mol. The van der Waals surface area contributed by atoms with Crippen LogP contribution in [0.5, 0.6) is 11.5 Å². The number of hydrogen-bond donors (Lipinski definition) is 1. The molecule has 1 N–H and O–H groups in total. The number of benzene rings is 2. The van der Waals surface area contributed by atoms with E-state index in [0.29, 0.717) is 34.3 Å². The van der Waals surface area contributed by atoms with Crippen molar-refractivity contribution in [1.29, 1.82) is 0 Å². The third-order valence-corrected chi connectivity index (χ3v) is 4.77. The normalized spacial score (nSPS) is 10.8. The molecule has 3 aromatic rings. The predicted molar refractivity (Wildman–Crippen MR) is 104 cm³/mol. The van der Waals surface area contributed by atoms with Crippen LogP contribution in [0.15, 0.2) is 39.5 Å². The van der Waals surface area contributed by atoms with Gasteiger partial charge in [0.15, 0.2) is 11.5 Å². The van der Waals surface area contributed by atoms with Crippen LogP contribution >= 0.6 is 11.6 Å². The third-order valence-electron chi connectivity index (χ3n) is 4.46. The number of methoxy groups -OCH3 is 2. The largest absolute Gasteiger partial charge is 0.493 e. The van der Waals surface area contributed by atoms with Crippen LogP contribution in [-0.2, 0) is 6.54 Å². The van der Waals surface area contributed by atoms with E-state index in [0.717, 1.165) is 22.1 Å². The molecule has 0 saturated carbocycles. The van der Waals surface area contributed by atoms with Crippen LogP contribution < -0.4 is 20.4 Å². The first-order valence-electron chi connectivity index (χ1n) is 8.13. The first-order valence-corrected chi connectivity index (χ1v) is 8.50. The van der Waals surface area contributed by atoms with Crippen LogP contribution in [0.2, 0.25) is 5.02 Å². The quantitative estimate of drug-likeness (QED) is 0.657. The molecule has 6 heteroatoms. The molecule has 5 nitrogen and oxygen atoms in total. The molecule has 0 amide bonds. The van der Waals surface area contributed by atoms with E-state index in [2.05, 4.69) is 5.32 Å². The lowest BCUT2D eigenvalue weighted by Crippen LogP contribution is -2.07. The summed E-state index contributed by atoms with van der Waals surface area (Å²) in [4.78, 5) is 12.0. The van der Waals surface area contributed by atoms with Gasteiger partial charge in [0.2, 0.25) is 0 Å². The molecule has 1 aromatic heterocycles. The number of aryl methyl sites for hydroxylation is 2. The summed E-state index contributed by atoms with van der Waals surface area (Å²) >= 11 is 6.32. The second kappa shape index (κ2) is 7.30. The zero-order chi connectivity index (χ0) is 18.8. The van der Waals surface area contributed by atoms with E-state index < -0.39 is 0 Å². The Morgan fingerprint density at radius 1 is 1.08 bits per heavy atom. The third kappa shape index (κ3) is 3.35. The van der Waals surface area contributed by atoms with E-state index >= 15 is 0 Å². The number of ether oxygens (including phenoxy) is 2. The van der Waals surface area contributed by atoms with E-state index in [-0.39, 0.29) is 5.63 Å². The highest BCUT2D eigenvalue weighted by Crippen LogP contribution is 2.36. The molecule has 2 aromatic carbocycles. The Morgan fingerprint density at radius 3 is 2.46 bits per heavy atom. The van der Waals surface area contributed by atoms with Crippen molar-refractivity contribution < 1.29 is 13.9 Å². The molecule has 1 heterocycles. The van der Waals surface area contributed by atoms with Gasteiger partial charge in [-0.15, -0.1) is 0 Å². The van der Waals surface area contributed by atoms with E-state index in [9.17, 15) is 4.79 Å². The molecule has 0 atom stereocenters. The molecule has 0 bridgehead atoms. The molecule has 0 saturated heterocycles. The molecular formula is C20H20ClNO4. The Kier molecular flexibility index (Phi) is 5.09. The summed E-state index contributed by atoms with van der Waals surface area (Å²) < 4.78 is 16.0. The lowest BCUT2D eigenvalue weighted by molar-refractivity contribution is 0.355. The van der Waals surface area contributed by atoms with Crippen LogP contribution in [0.4, 0.5) is 5.69 Å². The first-order chi connectivity index (χ1) is 12.4. The molecule has 0 aliphatic rings. The second-order valence-electron chi connectivity index (χ2n) is 6.02. The van der Waals surface area contributed by atoms with Crippen molar-refractivity contribution in [2.45, 2.75) is 20.4 Å². The summed E-state index contributed by atoms with van der Waals surface area (Å²) in [5.41, 5.74) is 3.81. The van der Waals surface area contributed by atoms with Gasteiger partial charge in [-0.1, -0.05) is 23.7 Å². The minimum atomic E-state index is -0.374. The zero-order valence-electron chi connectivity index (χ0n) is 15.1. The highest BCUT2D eigenvalue weighted by atomic mass is 35.5. The van der Waals surface area contributed by atoms with Crippen molar-refractivity contribution in [3.63, 3.8) is 0 Å². The fourth-order valence-corrected chi connectivity index (χ4v) is 3.07. The van der Waals surface area contributed by atoms with Gasteiger partial charge in [0, 0.05) is 30.1 Å². The summed E-state index contributed by atoms with van der Waals surface area (Å²) in [5.74, 6) is 1.13. The van der Waals surface area contributed by atoms with E-state index in [1.165, 1.54) is 6.07 Å². The minimum absolute atomic E-state index is 0.374. The van der Waals surface area contributed by atoms with Crippen molar-refractivity contribution >= 4 is 28.3 Å². The molecule has 0 aliphatic carbocycles. The average Bonchev–Trinajstić information content (AvgIpc) is 2.63. The molecule has 136 valence electrons. The molecule has 0 unspecified atom stereocenters. The van der Waals surface area contributed by atoms with E-state index in [1.54, 1.807) is 26.4 Å². The van der Waals surface area contributed by atoms with Gasteiger partial charge in [-0.2, -0.15) is 0 Å². The maximum atomic E-state index is 12.0. The van der Waals surface area contributed by atoms with Crippen LogP contribution in [-0.4, -0.2) is 14.2 Å². The Labute approximate surface area is 156 Å². The van der Waals surface area contributed by atoms with Gasteiger partial charge in [-0.05, 0) is 30.5 Å². The Hall–Kier alpha value is -2.66. The molecule has 0 radical (unpaired) electrons. The van der Waals surface area contributed by atoms with Gasteiger partial charge in [-0.25, -0.2) is 4.79 Å². The molecule has 0 fully saturated rings. The number of hydrogen-bond acceptors (Lipinski definition) is 5. The highest BCUT2D eigenvalue weighted by Gasteiger charge is 2.12. The van der Waals surface area contributed by atoms with E-state index in [1.807, 2.05) is 26.0 Å². The number of rotatable bonds is 5. The van der Waals surface area contributed by atoms with Gasteiger partial charge in [0.1, 0.15) is 5.58 Å². The van der Waals surface area contributed by atoms with Crippen molar-refractivity contribution in [3.05, 3.63) is 62.5 Å². The van der Waals surface area contributed by atoms with Gasteiger partial charge >= 0.3 is 5.63 Å². The molecular weight excluding hydrogens is 354 g/mol. The summed E-state index contributed by atoms with van der Waals surface area (Å²) in [6.45, 7) is 4.35. The van der Waals surface area contributed by atoms with E-state index in [4.69, 9.17) is 25.5 Å². The SMILES string of the molecule is COc1cc(Cl)c(NCc2cc(=O)oc3c(C)c(C)ccc23)cc1OC. The lowest BCUT2D eigenvalue weighted by atomic mass is 10.0. The maximum absolute atomic E-state index is 12.0. The Balaban J connectivity index is 1.98. The van der Waals surface area contributed by atoms with Crippen molar-refractivity contribution in [2.24, 2.45) is 0 Å². The van der Waals surface area contributed by atoms with Crippen molar-refractivity contribution in [3.8, 4) is 11.5 Å². The van der Waals surface area contributed by atoms with Gasteiger partial charge in [0.25, 0.3) is 0 Å². The van der Waals surface area contributed by atoms with Crippen LogP contribution in [0.3, 0.4) is 0 Å². The monoisotopic (exact) mass is 373 g/mol. The summed E-state index contributed by atoms with van der Waals surface area (Å²) in [6, 6.07) is 8.94. The zero-order valence-corrected chi connectivity index (χ0v) is 15.9. The smallest absolute Gasteiger partial charge is 0.336 e. The van der Waals surface area contributed by atoms with Crippen LogP contribution in [0.25, 0.3) is 11.0 Å². The maximum Gasteiger partial charge on any atom is 0.336 e. The number of halogens is 1. The first kappa shape index (κ1) is 18.1. The van der Waals surface area contributed by atoms with Crippen LogP contribution in [0, 0.1) is 13.8 Å². The summed E-state index contributed by atoms with van der Waals surface area (Å²) in [7, 11) is 3.12. The fourth-order valence-electron chi connectivity index (χ4n) is 2.85. The molecule has 3 rings (SSSR count). The number of nitrogens with one attached hydrogen (secondary N) is 1. The Morgan fingerprint density at radius 2 is 1.77 bits per heavy atom. The topological polar surface area (TPSA) is 60.7 Å². The van der Waals surface area contributed by atoms with Gasteiger partial charge < -0.3 is 19.2 Å². The predicted octanol–water partition coefficient (Wildman–Crippen LogP) is 4.69. The Bertz CT molecular complexity index is 1030. The van der Waals surface area contributed by atoms with Crippen LogP contribution in [0.1, 0.15) is 16.7 Å². The lowest BCUT2D eigenvalue weighted by Gasteiger charge is -2.14. The van der Waals surface area contributed by atoms with Gasteiger partial charge in [-0.3, -0.25) is 0 Å². The number of fused-ring (bicyclic) bond motifs is 1. The molecule has 26 heavy (non-hydrogen) atoms.